The first kappa shape index (κ1) is 19.2. The molecule has 0 radical (unpaired) electrons. The minimum absolute atomic E-state index is 0.162. The lowest BCUT2D eigenvalue weighted by molar-refractivity contribution is 0.0948. The van der Waals surface area contributed by atoms with E-state index in [1.165, 1.54) is 5.56 Å². The predicted octanol–water partition coefficient (Wildman–Crippen LogP) is 3.70. The maximum absolute atomic E-state index is 12.3. The smallest absolute Gasteiger partial charge is 0.251 e. The molecule has 2 aromatic carbocycles. The largest absolute Gasteiger partial charge is 0.467 e. The van der Waals surface area contributed by atoms with E-state index in [-0.39, 0.29) is 5.91 Å². The fourth-order valence-electron chi connectivity index (χ4n) is 2.73. The Morgan fingerprint density at radius 2 is 1.89 bits per heavy atom. The van der Waals surface area contributed by atoms with Gasteiger partial charge in [-0.15, -0.1) is 0 Å². The van der Waals surface area contributed by atoms with Crippen LogP contribution in [0.15, 0.2) is 76.3 Å². The first-order valence-electron chi connectivity index (χ1n) is 9.19. The van der Waals surface area contributed by atoms with E-state index in [9.17, 15) is 4.79 Å². The normalized spacial score (nSPS) is 11.2. The number of aryl methyl sites for hydroxylation is 1. The fraction of sp³-hybridized carbons (Fsp3) is 0.182. The van der Waals surface area contributed by atoms with E-state index in [2.05, 4.69) is 28.6 Å². The summed E-state index contributed by atoms with van der Waals surface area (Å²) in [7, 11) is 0. The molecular formula is C22H24N4O2. The Hall–Kier alpha value is -3.54. The highest BCUT2D eigenvalue weighted by Crippen LogP contribution is 2.11. The van der Waals surface area contributed by atoms with Gasteiger partial charge in [0.2, 0.25) is 0 Å². The highest BCUT2D eigenvalue weighted by atomic mass is 16.3. The lowest BCUT2D eigenvalue weighted by Crippen LogP contribution is -2.23. The van der Waals surface area contributed by atoms with Gasteiger partial charge in [0.15, 0.2) is 5.96 Å². The van der Waals surface area contributed by atoms with Crippen LogP contribution in [-0.2, 0) is 19.5 Å². The molecule has 4 N–H and O–H groups in total. The quantitative estimate of drug-likeness (QED) is 0.433. The summed E-state index contributed by atoms with van der Waals surface area (Å²) in [6.45, 7) is 2.84. The van der Waals surface area contributed by atoms with Crippen molar-refractivity contribution in [3.05, 3.63) is 89.4 Å². The maximum atomic E-state index is 12.3. The van der Waals surface area contributed by atoms with Crippen molar-refractivity contribution in [2.75, 3.05) is 5.32 Å². The second-order valence-corrected chi connectivity index (χ2v) is 6.34. The lowest BCUT2D eigenvalue weighted by Gasteiger charge is -2.08. The van der Waals surface area contributed by atoms with Crippen molar-refractivity contribution < 1.29 is 9.21 Å². The van der Waals surface area contributed by atoms with Gasteiger partial charge >= 0.3 is 0 Å². The average Bonchev–Trinajstić information content (AvgIpc) is 3.24. The van der Waals surface area contributed by atoms with Crippen LogP contribution in [0.5, 0.6) is 0 Å². The van der Waals surface area contributed by atoms with Crippen LogP contribution >= 0.6 is 0 Å². The number of hydrogen-bond donors (Lipinski definition) is 3. The van der Waals surface area contributed by atoms with Crippen molar-refractivity contribution in [3.8, 4) is 0 Å². The predicted molar refractivity (Wildman–Crippen MR) is 111 cm³/mol. The molecule has 1 amide bonds. The summed E-state index contributed by atoms with van der Waals surface area (Å²) in [6, 6.07) is 19.0. The molecule has 0 aliphatic carbocycles. The van der Waals surface area contributed by atoms with E-state index in [1.54, 1.807) is 18.4 Å². The van der Waals surface area contributed by atoms with Gasteiger partial charge in [-0.05, 0) is 53.9 Å². The monoisotopic (exact) mass is 376 g/mol. The van der Waals surface area contributed by atoms with Crippen molar-refractivity contribution in [2.45, 2.75) is 26.4 Å². The van der Waals surface area contributed by atoms with E-state index in [4.69, 9.17) is 10.2 Å². The number of nitrogens with two attached hydrogens (primary N) is 1. The Labute approximate surface area is 164 Å². The summed E-state index contributed by atoms with van der Waals surface area (Å²) in [6.07, 6.45) is 2.54. The highest BCUT2D eigenvalue weighted by Gasteiger charge is 2.07. The standard InChI is InChI=1S/C22H24N4O2/c1-2-16-6-4-9-19(13-16)26-22(23)25-14-17-7-3-8-18(12-17)21(27)24-15-20-10-5-11-28-20/h3-13H,2,14-15H2,1H3,(H,24,27)(H3,23,25,26). The van der Waals surface area contributed by atoms with Crippen molar-refractivity contribution in [2.24, 2.45) is 10.7 Å². The third kappa shape index (κ3) is 5.48. The zero-order valence-corrected chi connectivity index (χ0v) is 15.8. The number of guanidine groups is 1. The van der Waals surface area contributed by atoms with Gasteiger partial charge in [0.1, 0.15) is 5.76 Å². The minimum Gasteiger partial charge on any atom is -0.467 e. The maximum Gasteiger partial charge on any atom is 0.251 e. The van der Waals surface area contributed by atoms with E-state index in [0.29, 0.717) is 30.4 Å². The topological polar surface area (TPSA) is 92.6 Å². The Morgan fingerprint density at radius 1 is 1.07 bits per heavy atom. The molecule has 3 aromatic rings. The van der Waals surface area contributed by atoms with Gasteiger partial charge in [0.05, 0.1) is 19.4 Å². The number of carbonyl (C=O) groups excluding carboxylic acids is 1. The Kier molecular flexibility index (Phi) is 6.46. The third-order valence-electron chi connectivity index (χ3n) is 4.23. The summed E-state index contributed by atoms with van der Waals surface area (Å²) >= 11 is 0. The van der Waals surface area contributed by atoms with Crippen LogP contribution in [0.1, 0.15) is 34.2 Å². The fourth-order valence-corrected chi connectivity index (χ4v) is 2.73. The molecule has 0 aliphatic heterocycles. The van der Waals surface area contributed by atoms with Gasteiger partial charge in [-0.1, -0.05) is 31.2 Å². The molecule has 1 aromatic heterocycles. The minimum atomic E-state index is -0.162. The number of carbonyl (C=O) groups is 1. The molecule has 0 unspecified atom stereocenters. The second kappa shape index (κ2) is 9.41. The molecule has 6 heteroatoms. The SMILES string of the molecule is CCc1cccc(NC(N)=NCc2cccc(C(=O)NCc3ccco3)c2)c1. The number of anilines is 1. The second-order valence-electron chi connectivity index (χ2n) is 6.34. The number of nitrogens with one attached hydrogen (secondary N) is 2. The van der Waals surface area contributed by atoms with E-state index in [0.717, 1.165) is 17.7 Å². The number of nitrogens with zero attached hydrogens (tertiary/aromatic N) is 1. The summed E-state index contributed by atoms with van der Waals surface area (Å²) in [5.74, 6) is 0.880. The molecule has 0 saturated carbocycles. The molecule has 3 rings (SSSR count). The van der Waals surface area contributed by atoms with Crippen molar-refractivity contribution >= 4 is 17.6 Å². The first-order chi connectivity index (χ1) is 13.6. The lowest BCUT2D eigenvalue weighted by atomic mass is 10.1. The van der Waals surface area contributed by atoms with Gasteiger partial charge in [-0.3, -0.25) is 4.79 Å². The van der Waals surface area contributed by atoms with Gasteiger partial charge in [0.25, 0.3) is 5.91 Å². The van der Waals surface area contributed by atoms with Crippen molar-refractivity contribution in [3.63, 3.8) is 0 Å². The Morgan fingerprint density at radius 3 is 2.68 bits per heavy atom. The summed E-state index contributed by atoms with van der Waals surface area (Å²) in [4.78, 5) is 16.7. The summed E-state index contributed by atoms with van der Waals surface area (Å²) in [5, 5.41) is 5.93. The van der Waals surface area contributed by atoms with Crippen molar-refractivity contribution in [1.29, 1.82) is 0 Å². The van der Waals surface area contributed by atoms with Crippen LogP contribution in [0.3, 0.4) is 0 Å². The van der Waals surface area contributed by atoms with Gasteiger partial charge < -0.3 is 20.8 Å². The molecule has 0 bridgehead atoms. The number of benzene rings is 2. The molecule has 28 heavy (non-hydrogen) atoms. The molecule has 0 aliphatic rings. The van der Waals surface area contributed by atoms with E-state index >= 15 is 0 Å². The zero-order chi connectivity index (χ0) is 19.8. The molecule has 1 heterocycles. The number of hydrogen-bond acceptors (Lipinski definition) is 3. The third-order valence-corrected chi connectivity index (χ3v) is 4.23. The zero-order valence-electron chi connectivity index (χ0n) is 15.8. The number of furan rings is 1. The molecule has 0 saturated heterocycles. The number of rotatable bonds is 7. The molecule has 0 fully saturated rings. The van der Waals surface area contributed by atoms with Crippen LogP contribution < -0.4 is 16.4 Å². The molecular weight excluding hydrogens is 352 g/mol. The van der Waals surface area contributed by atoms with Crippen LogP contribution in [0.2, 0.25) is 0 Å². The highest BCUT2D eigenvalue weighted by molar-refractivity contribution is 5.94. The summed E-state index contributed by atoms with van der Waals surface area (Å²) < 4.78 is 5.22. The summed E-state index contributed by atoms with van der Waals surface area (Å²) in [5.41, 5.74) is 9.60. The van der Waals surface area contributed by atoms with E-state index in [1.807, 2.05) is 42.5 Å². The molecule has 0 spiro atoms. The van der Waals surface area contributed by atoms with Crippen LogP contribution in [0.25, 0.3) is 0 Å². The van der Waals surface area contributed by atoms with Crippen molar-refractivity contribution in [1.82, 2.24) is 5.32 Å². The molecule has 0 atom stereocenters. The molecule has 144 valence electrons. The average molecular weight is 376 g/mol. The van der Waals surface area contributed by atoms with Gasteiger partial charge in [-0.2, -0.15) is 0 Å². The first-order valence-corrected chi connectivity index (χ1v) is 9.19. The van der Waals surface area contributed by atoms with Crippen LogP contribution in [-0.4, -0.2) is 11.9 Å². The number of aliphatic imine (C=N–C) groups is 1. The van der Waals surface area contributed by atoms with Crippen LogP contribution in [0, 0.1) is 0 Å². The van der Waals surface area contributed by atoms with Gasteiger partial charge in [0, 0.05) is 11.3 Å². The number of amides is 1. The van der Waals surface area contributed by atoms with Crippen LogP contribution in [0.4, 0.5) is 5.69 Å². The van der Waals surface area contributed by atoms with E-state index < -0.39 is 0 Å². The Balaban J connectivity index is 1.58. The molecule has 6 nitrogen and oxygen atoms in total. The Bertz CT molecular complexity index is 949. The van der Waals surface area contributed by atoms with Gasteiger partial charge in [-0.25, -0.2) is 4.99 Å².